The van der Waals surface area contributed by atoms with E-state index in [2.05, 4.69) is 43.4 Å². The Hall–Kier alpha value is -2.75. The zero-order valence-electron chi connectivity index (χ0n) is 16.2. The van der Waals surface area contributed by atoms with Gasteiger partial charge in [0.1, 0.15) is 0 Å². The third kappa shape index (κ3) is 2.99. The highest BCUT2D eigenvalue weighted by Gasteiger charge is 2.39. The van der Waals surface area contributed by atoms with E-state index >= 15 is 0 Å². The van der Waals surface area contributed by atoms with Crippen LogP contribution < -0.4 is 14.8 Å². The highest BCUT2D eigenvalue weighted by Crippen LogP contribution is 2.52. The molecular formula is C23H25NO3. The number of anilines is 1. The van der Waals surface area contributed by atoms with Gasteiger partial charge in [0.15, 0.2) is 11.5 Å². The summed E-state index contributed by atoms with van der Waals surface area (Å²) in [5.74, 6) is 1.57. The molecule has 3 atom stereocenters. The van der Waals surface area contributed by atoms with Gasteiger partial charge in [-0.15, -0.1) is 0 Å². The summed E-state index contributed by atoms with van der Waals surface area (Å²) in [6.07, 6.45) is 5.70. The fourth-order valence-electron chi connectivity index (χ4n) is 4.49. The molecule has 27 heavy (non-hydrogen) atoms. The van der Waals surface area contributed by atoms with E-state index in [9.17, 15) is 4.79 Å². The summed E-state index contributed by atoms with van der Waals surface area (Å²) in [5.41, 5.74) is 6.42. The Labute approximate surface area is 160 Å². The second-order valence-corrected chi connectivity index (χ2v) is 7.47. The van der Waals surface area contributed by atoms with Gasteiger partial charge in [0.2, 0.25) is 0 Å². The Kier molecular flexibility index (Phi) is 4.42. The number of esters is 1. The highest BCUT2D eigenvalue weighted by atomic mass is 16.6. The minimum Gasteiger partial charge on any atom is -0.493 e. The van der Waals surface area contributed by atoms with Crippen LogP contribution in [0.15, 0.2) is 42.5 Å². The van der Waals surface area contributed by atoms with Crippen molar-refractivity contribution in [2.75, 3.05) is 12.4 Å². The van der Waals surface area contributed by atoms with E-state index in [1.54, 1.807) is 7.11 Å². The molecule has 3 unspecified atom stereocenters. The van der Waals surface area contributed by atoms with Crippen molar-refractivity contribution >= 4 is 11.7 Å². The lowest BCUT2D eigenvalue weighted by Crippen LogP contribution is -2.30. The van der Waals surface area contributed by atoms with Crippen LogP contribution in [0.4, 0.5) is 5.69 Å². The van der Waals surface area contributed by atoms with Crippen molar-refractivity contribution in [1.29, 1.82) is 0 Å². The maximum absolute atomic E-state index is 11.3. The fraction of sp³-hybridized carbons (Fsp3) is 0.348. The molecule has 0 amide bonds. The van der Waals surface area contributed by atoms with E-state index in [4.69, 9.17) is 9.47 Å². The molecule has 1 N–H and O–H groups in total. The Bertz CT molecular complexity index is 931. The summed E-state index contributed by atoms with van der Waals surface area (Å²) < 4.78 is 10.7. The Morgan fingerprint density at radius 2 is 1.89 bits per heavy atom. The third-order valence-electron chi connectivity index (χ3n) is 5.75. The smallest absolute Gasteiger partial charge is 0.308 e. The van der Waals surface area contributed by atoms with Gasteiger partial charge in [-0.2, -0.15) is 0 Å². The van der Waals surface area contributed by atoms with Crippen LogP contribution in [0.1, 0.15) is 47.6 Å². The Morgan fingerprint density at radius 1 is 1.11 bits per heavy atom. The fourth-order valence-corrected chi connectivity index (χ4v) is 4.49. The van der Waals surface area contributed by atoms with Crippen molar-refractivity contribution in [3.63, 3.8) is 0 Å². The standard InChI is InChI=1S/C23H25NO3/c1-13-8-9-14(2)22-21(13)17-6-5-7-18(17)23(24-22)16-10-11-19(27-15(3)25)20(12-16)26-4/h5-6,8-12,17-18,23-24H,7H2,1-4H3. The lowest BCUT2D eigenvalue weighted by Gasteiger charge is -2.39. The van der Waals surface area contributed by atoms with Gasteiger partial charge in [0.25, 0.3) is 0 Å². The van der Waals surface area contributed by atoms with Crippen LogP contribution in [0.5, 0.6) is 11.5 Å². The SMILES string of the molecule is COc1cc(C2Nc3c(C)ccc(C)c3C3C=CCC32)ccc1OC(C)=O. The van der Waals surface area contributed by atoms with Crippen molar-refractivity contribution < 1.29 is 14.3 Å². The molecule has 0 saturated carbocycles. The summed E-state index contributed by atoms with van der Waals surface area (Å²) in [4.78, 5) is 11.3. The lowest BCUT2D eigenvalue weighted by molar-refractivity contribution is -0.132. The average molecular weight is 363 g/mol. The van der Waals surface area contributed by atoms with Gasteiger partial charge >= 0.3 is 5.97 Å². The van der Waals surface area contributed by atoms with Crippen LogP contribution in [0.3, 0.4) is 0 Å². The number of methoxy groups -OCH3 is 1. The van der Waals surface area contributed by atoms with Gasteiger partial charge in [-0.25, -0.2) is 0 Å². The van der Waals surface area contributed by atoms with Crippen LogP contribution >= 0.6 is 0 Å². The Balaban J connectivity index is 1.76. The molecule has 0 spiro atoms. The average Bonchev–Trinajstić information content (AvgIpc) is 3.13. The summed E-state index contributed by atoms with van der Waals surface area (Å²) in [5, 5.41) is 3.80. The van der Waals surface area contributed by atoms with E-state index in [0.717, 1.165) is 12.0 Å². The maximum atomic E-state index is 11.3. The summed E-state index contributed by atoms with van der Waals surface area (Å²) >= 11 is 0. The van der Waals surface area contributed by atoms with Gasteiger partial charge in [0.05, 0.1) is 13.2 Å². The van der Waals surface area contributed by atoms with Crippen LogP contribution in [-0.2, 0) is 4.79 Å². The predicted molar refractivity (Wildman–Crippen MR) is 107 cm³/mol. The second-order valence-electron chi connectivity index (χ2n) is 7.47. The van der Waals surface area contributed by atoms with Crippen LogP contribution in [-0.4, -0.2) is 13.1 Å². The number of benzene rings is 2. The molecule has 2 aliphatic rings. The number of carbonyl (C=O) groups is 1. The summed E-state index contributed by atoms with van der Waals surface area (Å²) in [7, 11) is 1.60. The maximum Gasteiger partial charge on any atom is 0.308 e. The van der Waals surface area contributed by atoms with Crippen molar-refractivity contribution in [2.24, 2.45) is 5.92 Å². The molecule has 0 radical (unpaired) electrons. The molecule has 1 aliphatic carbocycles. The number of hydrogen-bond acceptors (Lipinski definition) is 4. The number of aryl methyl sites for hydroxylation is 2. The highest BCUT2D eigenvalue weighted by molar-refractivity contribution is 5.71. The number of fused-ring (bicyclic) bond motifs is 3. The summed E-state index contributed by atoms with van der Waals surface area (Å²) in [6.45, 7) is 5.75. The molecule has 1 aliphatic heterocycles. The van der Waals surface area contributed by atoms with Crippen molar-refractivity contribution in [2.45, 2.75) is 39.2 Å². The van der Waals surface area contributed by atoms with Gasteiger partial charge in [-0.05, 0) is 60.6 Å². The molecule has 0 saturated heterocycles. The zero-order valence-corrected chi connectivity index (χ0v) is 16.2. The first kappa shape index (κ1) is 17.7. The van der Waals surface area contributed by atoms with E-state index in [0.29, 0.717) is 23.3 Å². The van der Waals surface area contributed by atoms with Crippen molar-refractivity contribution in [3.05, 3.63) is 64.7 Å². The van der Waals surface area contributed by atoms with E-state index in [1.807, 2.05) is 18.2 Å². The van der Waals surface area contributed by atoms with E-state index in [1.165, 1.54) is 29.3 Å². The largest absolute Gasteiger partial charge is 0.493 e. The quantitative estimate of drug-likeness (QED) is 0.470. The predicted octanol–water partition coefficient (Wildman–Crippen LogP) is 5.06. The van der Waals surface area contributed by atoms with Crippen LogP contribution in [0.2, 0.25) is 0 Å². The van der Waals surface area contributed by atoms with Crippen molar-refractivity contribution in [1.82, 2.24) is 0 Å². The van der Waals surface area contributed by atoms with E-state index in [-0.39, 0.29) is 12.0 Å². The van der Waals surface area contributed by atoms with Crippen molar-refractivity contribution in [3.8, 4) is 11.5 Å². The molecule has 1 heterocycles. The topological polar surface area (TPSA) is 47.6 Å². The first-order valence-corrected chi connectivity index (χ1v) is 9.39. The Morgan fingerprint density at radius 3 is 2.63 bits per heavy atom. The summed E-state index contributed by atoms with van der Waals surface area (Å²) in [6, 6.07) is 10.4. The number of ether oxygens (including phenoxy) is 2. The molecule has 4 rings (SSSR count). The molecule has 140 valence electrons. The molecule has 0 fully saturated rings. The molecule has 0 aromatic heterocycles. The minimum absolute atomic E-state index is 0.179. The number of nitrogens with one attached hydrogen (secondary N) is 1. The number of carbonyl (C=O) groups excluding carboxylic acids is 1. The normalized spacial score (nSPS) is 22.6. The number of rotatable bonds is 3. The van der Waals surface area contributed by atoms with Gasteiger partial charge in [0, 0.05) is 18.5 Å². The molecule has 2 aromatic carbocycles. The molecule has 4 heteroatoms. The van der Waals surface area contributed by atoms with Crippen LogP contribution in [0.25, 0.3) is 0 Å². The number of hydrogen-bond donors (Lipinski definition) is 1. The van der Waals surface area contributed by atoms with Gasteiger partial charge in [-0.3, -0.25) is 4.79 Å². The second kappa shape index (κ2) is 6.76. The van der Waals surface area contributed by atoms with Gasteiger partial charge in [-0.1, -0.05) is 30.4 Å². The van der Waals surface area contributed by atoms with Crippen LogP contribution in [0, 0.1) is 19.8 Å². The van der Waals surface area contributed by atoms with Gasteiger partial charge < -0.3 is 14.8 Å². The first-order chi connectivity index (χ1) is 13.0. The molecular weight excluding hydrogens is 338 g/mol. The zero-order chi connectivity index (χ0) is 19.1. The molecule has 4 nitrogen and oxygen atoms in total. The first-order valence-electron chi connectivity index (χ1n) is 9.39. The van der Waals surface area contributed by atoms with E-state index < -0.39 is 0 Å². The molecule has 0 bridgehead atoms. The lowest BCUT2D eigenvalue weighted by atomic mass is 9.75. The number of allylic oxidation sites excluding steroid dienone is 2. The molecule has 2 aromatic rings. The minimum atomic E-state index is -0.350. The third-order valence-corrected chi connectivity index (χ3v) is 5.75. The monoisotopic (exact) mass is 363 g/mol.